The minimum absolute atomic E-state index is 0.0101. The Balaban J connectivity index is 2.22. The number of hydrogen-bond acceptors (Lipinski definition) is 4. The predicted molar refractivity (Wildman–Crippen MR) is 75.4 cm³/mol. The molecule has 0 radical (unpaired) electrons. The summed E-state index contributed by atoms with van der Waals surface area (Å²) in [6, 6.07) is 7.92. The van der Waals surface area contributed by atoms with Crippen molar-refractivity contribution in [1.82, 2.24) is 0 Å². The first kappa shape index (κ1) is 15.1. The molecule has 21 heavy (non-hydrogen) atoms. The number of non-ortho nitro benzene ring substituents is 1. The minimum Gasteiger partial charge on any atom is -0.496 e. The normalized spacial score (nSPS) is 10.2. The molecule has 0 amide bonds. The lowest BCUT2D eigenvalue weighted by Crippen LogP contribution is -2.00. The van der Waals surface area contributed by atoms with Crippen molar-refractivity contribution >= 4 is 17.3 Å². The summed E-state index contributed by atoms with van der Waals surface area (Å²) in [4.78, 5) is 10.3. The van der Waals surface area contributed by atoms with Crippen molar-refractivity contribution in [2.24, 2.45) is 0 Å². The van der Waals surface area contributed by atoms with Gasteiger partial charge in [-0.25, -0.2) is 4.39 Å². The summed E-state index contributed by atoms with van der Waals surface area (Å²) in [7, 11) is 1.45. The number of hydrogen-bond donors (Lipinski definition) is 0. The fourth-order valence-corrected chi connectivity index (χ4v) is 1.96. The quantitative estimate of drug-likeness (QED) is 0.619. The van der Waals surface area contributed by atoms with Gasteiger partial charge in [0, 0.05) is 17.7 Å². The van der Waals surface area contributed by atoms with Gasteiger partial charge in [0.2, 0.25) is 0 Å². The van der Waals surface area contributed by atoms with Crippen LogP contribution >= 0.6 is 11.6 Å². The van der Waals surface area contributed by atoms with Gasteiger partial charge in [0.25, 0.3) is 5.69 Å². The van der Waals surface area contributed by atoms with Gasteiger partial charge >= 0.3 is 0 Å². The summed E-state index contributed by atoms with van der Waals surface area (Å²) in [6.45, 7) is 0.0101. The van der Waals surface area contributed by atoms with E-state index < -0.39 is 10.7 Å². The molecular formula is C14H11ClFNO4. The lowest BCUT2D eigenvalue weighted by Gasteiger charge is -2.11. The molecule has 0 bridgehead atoms. The first-order valence-corrected chi connectivity index (χ1v) is 6.28. The number of nitro groups is 1. The molecule has 0 aliphatic rings. The predicted octanol–water partition coefficient (Wildman–Crippen LogP) is 3.97. The molecule has 2 aromatic rings. The largest absolute Gasteiger partial charge is 0.496 e. The Labute approximate surface area is 125 Å². The average molecular weight is 312 g/mol. The van der Waals surface area contributed by atoms with Crippen LogP contribution in [0, 0.1) is 15.9 Å². The number of nitrogens with zero attached hydrogens (tertiary/aromatic N) is 1. The van der Waals surface area contributed by atoms with Gasteiger partial charge < -0.3 is 9.47 Å². The lowest BCUT2D eigenvalue weighted by molar-refractivity contribution is -0.385. The van der Waals surface area contributed by atoms with E-state index in [0.29, 0.717) is 11.3 Å². The third-order valence-corrected chi connectivity index (χ3v) is 3.05. The second-order valence-corrected chi connectivity index (χ2v) is 4.52. The maximum Gasteiger partial charge on any atom is 0.270 e. The Morgan fingerprint density at radius 3 is 2.57 bits per heavy atom. The Morgan fingerprint density at radius 1 is 1.24 bits per heavy atom. The zero-order chi connectivity index (χ0) is 15.4. The number of halogens is 2. The van der Waals surface area contributed by atoms with Crippen LogP contribution in [0.5, 0.6) is 11.5 Å². The van der Waals surface area contributed by atoms with Crippen molar-refractivity contribution in [2.45, 2.75) is 6.61 Å². The van der Waals surface area contributed by atoms with Gasteiger partial charge in [-0.1, -0.05) is 11.6 Å². The number of benzene rings is 2. The molecule has 0 saturated carbocycles. The highest BCUT2D eigenvalue weighted by molar-refractivity contribution is 6.32. The van der Waals surface area contributed by atoms with E-state index in [4.69, 9.17) is 21.1 Å². The van der Waals surface area contributed by atoms with Crippen LogP contribution < -0.4 is 9.47 Å². The fourth-order valence-electron chi connectivity index (χ4n) is 1.74. The first-order chi connectivity index (χ1) is 10.0. The number of methoxy groups -OCH3 is 1. The highest BCUT2D eigenvalue weighted by Gasteiger charge is 2.12. The SMILES string of the molecule is COc1ccc([N+](=O)[O-])cc1COc1ccc(F)cc1Cl. The maximum absolute atomic E-state index is 12.9. The summed E-state index contributed by atoms with van der Waals surface area (Å²) in [5.74, 6) is 0.269. The molecule has 7 heteroatoms. The van der Waals surface area contributed by atoms with E-state index in [-0.39, 0.29) is 23.1 Å². The summed E-state index contributed by atoms with van der Waals surface area (Å²) in [5, 5.41) is 10.9. The van der Waals surface area contributed by atoms with E-state index in [1.54, 1.807) is 0 Å². The summed E-state index contributed by atoms with van der Waals surface area (Å²) in [6.07, 6.45) is 0. The minimum atomic E-state index is -0.506. The van der Waals surface area contributed by atoms with Crippen LogP contribution in [0.25, 0.3) is 0 Å². The smallest absolute Gasteiger partial charge is 0.270 e. The van der Waals surface area contributed by atoms with Gasteiger partial charge in [-0.15, -0.1) is 0 Å². The van der Waals surface area contributed by atoms with Crippen molar-refractivity contribution in [3.63, 3.8) is 0 Å². The van der Waals surface area contributed by atoms with Crippen molar-refractivity contribution in [3.8, 4) is 11.5 Å². The van der Waals surface area contributed by atoms with Crippen molar-refractivity contribution in [1.29, 1.82) is 0 Å². The maximum atomic E-state index is 12.9. The average Bonchev–Trinajstić information content (AvgIpc) is 2.46. The van der Waals surface area contributed by atoms with Crippen LogP contribution in [0.4, 0.5) is 10.1 Å². The lowest BCUT2D eigenvalue weighted by atomic mass is 10.2. The molecule has 0 fully saturated rings. The molecule has 0 saturated heterocycles. The second kappa shape index (κ2) is 6.41. The van der Waals surface area contributed by atoms with E-state index >= 15 is 0 Å². The summed E-state index contributed by atoms with van der Waals surface area (Å²) in [5.41, 5.74) is 0.423. The third kappa shape index (κ3) is 3.61. The molecule has 0 aliphatic heterocycles. The zero-order valence-corrected chi connectivity index (χ0v) is 11.8. The number of ether oxygens (including phenoxy) is 2. The third-order valence-electron chi connectivity index (χ3n) is 2.75. The molecular weight excluding hydrogens is 301 g/mol. The molecule has 0 aromatic heterocycles. The monoisotopic (exact) mass is 311 g/mol. The molecule has 2 rings (SSSR count). The summed E-state index contributed by atoms with van der Waals surface area (Å²) >= 11 is 5.85. The van der Waals surface area contributed by atoms with Crippen molar-refractivity contribution < 1.29 is 18.8 Å². The van der Waals surface area contributed by atoms with Gasteiger partial charge in [0.15, 0.2) is 0 Å². The van der Waals surface area contributed by atoms with E-state index in [1.165, 1.54) is 37.4 Å². The fraction of sp³-hybridized carbons (Fsp3) is 0.143. The first-order valence-electron chi connectivity index (χ1n) is 5.90. The van der Waals surface area contributed by atoms with Crippen LogP contribution in [0.15, 0.2) is 36.4 Å². The Bertz CT molecular complexity index is 678. The highest BCUT2D eigenvalue weighted by Crippen LogP contribution is 2.29. The molecule has 0 atom stereocenters. The topological polar surface area (TPSA) is 61.6 Å². The van der Waals surface area contributed by atoms with Crippen LogP contribution in [0.3, 0.4) is 0 Å². The van der Waals surface area contributed by atoms with Crippen LogP contribution in [-0.4, -0.2) is 12.0 Å². The van der Waals surface area contributed by atoms with Crippen LogP contribution in [0.2, 0.25) is 5.02 Å². The zero-order valence-electron chi connectivity index (χ0n) is 11.0. The molecule has 0 spiro atoms. The van der Waals surface area contributed by atoms with E-state index in [9.17, 15) is 14.5 Å². The second-order valence-electron chi connectivity index (χ2n) is 4.12. The van der Waals surface area contributed by atoms with Gasteiger partial charge in [0.05, 0.1) is 17.1 Å². The van der Waals surface area contributed by atoms with Gasteiger partial charge in [-0.3, -0.25) is 10.1 Å². The Morgan fingerprint density at radius 2 is 1.95 bits per heavy atom. The van der Waals surface area contributed by atoms with Crippen LogP contribution in [-0.2, 0) is 6.61 Å². The van der Waals surface area contributed by atoms with Crippen molar-refractivity contribution in [3.05, 3.63) is 62.9 Å². The molecule has 0 aliphatic carbocycles. The number of nitro benzene ring substituents is 1. The van der Waals surface area contributed by atoms with Crippen molar-refractivity contribution in [2.75, 3.05) is 7.11 Å². The molecule has 5 nitrogen and oxygen atoms in total. The van der Waals surface area contributed by atoms with Gasteiger partial charge in [-0.05, 0) is 24.3 Å². The van der Waals surface area contributed by atoms with Crippen LogP contribution in [0.1, 0.15) is 5.56 Å². The molecule has 0 N–H and O–H groups in total. The van der Waals surface area contributed by atoms with E-state index in [1.807, 2.05) is 0 Å². The molecule has 0 heterocycles. The van der Waals surface area contributed by atoms with E-state index in [0.717, 1.165) is 6.07 Å². The van der Waals surface area contributed by atoms with Gasteiger partial charge in [0.1, 0.15) is 23.9 Å². The summed E-state index contributed by atoms with van der Waals surface area (Å²) < 4.78 is 23.5. The molecule has 0 unspecified atom stereocenters. The van der Waals surface area contributed by atoms with E-state index in [2.05, 4.69) is 0 Å². The van der Waals surface area contributed by atoms with Gasteiger partial charge in [-0.2, -0.15) is 0 Å². The molecule has 110 valence electrons. The standard InChI is InChI=1S/C14H11ClFNO4/c1-20-13-5-3-11(17(18)19)6-9(13)8-21-14-4-2-10(16)7-12(14)15/h2-7H,8H2,1H3. The number of rotatable bonds is 5. The Kier molecular flexibility index (Phi) is 4.59. The Hall–Kier alpha value is -2.34. The molecule has 2 aromatic carbocycles. The highest BCUT2D eigenvalue weighted by atomic mass is 35.5.